The molecule has 0 fully saturated rings. The van der Waals surface area contributed by atoms with Gasteiger partial charge in [-0.05, 0) is 12.3 Å². The minimum Gasteiger partial charge on any atom is -0.477 e. The summed E-state index contributed by atoms with van der Waals surface area (Å²) in [6, 6.07) is 0. The van der Waals surface area contributed by atoms with E-state index >= 15 is 0 Å². The number of carboxylic acid groups (broad SMARTS) is 1. The van der Waals surface area contributed by atoms with E-state index in [9.17, 15) is 18.0 Å². The topological polar surface area (TPSA) is 37.3 Å². The van der Waals surface area contributed by atoms with Crippen LogP contribution < -0.4 is 0 Å². The Kier molecular flexibility index (Phi) is 3.55. The molecule has 72 valence electrons. The Balaban J connectivity index is 4.25. The second-order valence-corrected chi connectivity index (χ2v) is 3.03. The predicted molar refractivity (Wildman–Crippen MR) is 36.9 cm³/mol. The van der Waals surface area contributed by atoms with E-state index < -0.39 is 24.5 Å². The van der Waals surface area contributed by atoms with Gasteiger partial charge in [-0.1, -0.05) is 13.8 Å². The number of aliphatic carboxylic acids is 1. The molecule has 0 aromatic carbocycles. The minimum atomic E-state index is -4.26. The van der Waals surface area contributed by atoms with Gasteiger partial charge < -0.3 is 5.11 Å². The first-order valence-electron chi connectivity index (χ1n) is 3.53. The summed E-state index contributed by atoms with van der Waals surface area (Å²) in [6.45, 7) is 3.09. The third-order valence-electron chi connectivity index (χ3n) is 1.36. The Hall–Kier alpha value is -0.740. The molecule has 0 saturated heterocycles. The molecule has 0 amide bonds. The third-order valence-corrected chi connectivity index (χ3v) is 1.36. The number of carbonyl (C=O) groups is 1. The molecule has 0 aliphatic heterocycles. The Morgan fingerprint density at radius 2 is 1.92 bits per heavy atom. The standard InChI is InChI=1S/C7H11F3O2/c1-4(2)3-5(8)7(9,10)6(11)12/h4-5H,3H2,1-2H3,(H,11,12). The molecule has 0 bridgehead atoms. The second-order valence-electron chi connectivity index (χ2n) is 3.03. The molecule has 12 heavy (non-hydrogen) atoms. The number of carboxylic acids is 1. The maximum atomic E-state index is 12.6. The van der Waals surface area contributed by atoms with Crippen molar-refractivity contribution >= 4 is 5.97 Å². The number of hydrogen-bond acceptors (Lipinski definition) is 1. The van der Waals surface area contributed by atoms with Crippen molar-refractivity contribution < 1.29 is 23.1 Å². The molecule has 0 radical (unpaired) electrons. The number of rotatable bonds is 4. The van der Waals surface area contributed by atoms with E-state index in [1.54, 1.807) is 13.8 Å². The van der Waals surface area contributed by atoms with Crippen LogP contribution in [0.2, 0.25) is 0 Å². The van der Waals surface area contributed by atoms with Crippen molar-refractivity contribution in [2.45, 2.75) is 32.4 Å². The van der Waals surface area contributed by atoms with Crippen LogP contribution in [0.25, 0.3) is 0 Å². The van der Waals surface area contributed by atoms with E-state index in [1.165, 1.54) is 0 Å². The summed E-state index contributed by atoms with van der Waals surface area (Å²) in [5.74, 6) is -6.95. The molecule has 1 unspecified atom stereocenters. The van der Waals surface area contributed by atoms with Crippen LogP contribution in [0.15, 0.2) is 0 Å². The molecular weight excluding hydrogens is 173 g/mol. The smallest absolute Gasteiger partial charge is 0.377 e. The van der Waals surface area contributed by atoms with Crippen LogP contribution in [0.5, 0.6) is 0 Å². The van der Waals surface area contributed by atoms with Gasteiger partial charge in [0, 0.05) is 0 Å². The highest BCUT2D eigenvalue weighted by Crippen LogP contribution is 2.26. The minimum absolute atomic E-state index is 0.287. The molecule has 5 heteroatoms. The van der Waals surface area contributed by atoms with E-state index in [4.69, 9.17) is 5.11 Å². The van der Waals surface area contributed by atoms with Gasteiger partial charge in [0.25, 0.3) is 0 Å². The van der Waals surface area contributed by atoms with Gasteiger partial charge in [0.05, 0.1) is 0 Å². The lowest BCUT2D eigenvalue weighted by Gasteiger charge is -2.17. The largest absolute Gasteiger partial charge is 0.477 e. The molecule has 1 atom stereocenters. The highest BCUT2D eigenvalue weighted by molar-refractivity contribution is 5.76. The summed E-state index contributed by atoms with van der Waals surface area (Å²) in [7, 11) is 0. The van der Waals surface area contributed by atoms with Crippen LogP contribution in [0.1, 0.15) is 20.3 Å². The fourth-order valence-electron chi connectivity index (χ4n) is 0.696. The van der Waals surface area contributed by atoms with Crippen molar-refractivity contribution in [3.8, 4) is 0 Å². The van der Waals surface area contributed by atoms with Crippen LogP contribution in [-0.4, -0.2) is 23.2 Å². The lowest BCUT2D eigenvalue weighted by Crippen LogP contribution is -2.39. The SMILES string of the molecule is CC(C)CC(F)C(F)(F)C(=O)O. The van der Waals surface area contributed by atoms with E-state index in [0.29, 0.717) is 0 Å². The summed E-state index contributed by atoms with van der Waals surface area (Å²) in [5, 5.41) is 7.93. The second kappa shape index (κ2) is 3.78. The van der Waals surface area contributed by atoms with Crippen LogP contribution in [0, 0.1) is 5.92 Å². The fraction of sp³-hybridized carbons (Fsp3) is 0.857. The highest BCUT2D eigenvalue weighted by Gasteiger charge is 2.48. The molecule has 2 nitrogen and oxygen atoms in total. The van der Waals surface area contributed by atoms with Gasteiger partial charge in [0.2, 0.25) is 0 Å². The summed E-state index contributed by atoms with van der Waals surface area (Å²) >= 11 is 0. The molecule has 0 heterocycles. The van der Waals surface area contributed by atoms with Crippen LogP contribution >= 0.6 is 0 Å². The van der Waals surface area contributed by atoms with Gasteiger partial charge in [-0.15, -0.1) is 0 Å². The van der Waals surface area contributed by atoms with Crippen molar-refractivity contribution in [2.24, 2.45) is 5.92 Å². The van der Waals surface area contributed by atoms with Gasteiger partial charge in [-0.3, -0.25) is 0 Å². The highest BCUT2D eigenvalue weighted by atomic mass is 19.3. The summed E-state index contributed by atoms with van der Waals surface area (Å²) in [5.41, 5.74) is 0. The molecule has 0 aromatic heterocycles. The van der Waals surface area contributed by atoms with Gasteiger partial charge in [0.1, 0.15) is 0 Å². The molecule has 0 aliphatic carbocycles. The molecule has 0 spiro atoms. The summed E-state index contributed by atoms with van der Waals surface area (Å²) in [6.07, 6.45) is -3.05. The number of alkyl halides is 3. The van der Waals surface area contributed by atoms with Gasteiger partial charge in [0.15, 0.2) is 6.17 Å². The predicted octanol–water partition coefficient (Wildman–Crippen LogP) is 2.09. The first kappa shape index (κ1) is 11.3. The van der Waals surface area contributed by atoms with E-state index in [1.807, 2.05) is 0 Å². The van der Waals surface area contributed by atoms with Gasteiger partial charge >= 0.3 is 11.9 Å². The first-order chi connectivity index (χ1) is 5.28. The van der Waals surface area contributed by atoms with Crippen LogP contribution in [0.4, 0.5) is 13.2 Å². The van der Waals surface area contributed by atoms with Gasteiger partial charge in [-0.25, -0.2) is 9.18 Å². The first-order valence-corrected chi connectivity index (χ1v) is 3.53. The fourth-order valence-corrected chi connectivity index (χ4v) is 0.696. The van der Waals surface area contributed by atoms with Crippen LogP contribution in [-0.2, 0) is 4.79 Å². The Bertz CT molecular complexity index is 168. The van der Waals surface area contributed by atoms with E-state index in [2.05, 4.69) is 0 Å². The summed E-state index contributed by atoms with van der Waals surface area (Å²) in [4.78, 5) is 9.85. The zero-order valence-electron chi connectivity index (χ0n) is 6.85. The third kappa shape index (κ3) is 2.71. The Morgan fingerprint density at radius 3 is 2.17 bits per heavy atom. The summed E-state index contributed by atoms with van der Waals surface area (Å²) < 4.78 is 37.2. The van der Waals surface area contributed by atoms with E-state index in [-0.39, 0.29) is 5.92 Å². The lowest BCUT2D eigenvalue weighted by atomic mass is 10.0. The zero-order chi connectivity index (χ0) is 9.94. The molecule has 0 saturated carbocycles. The lowest BCUT2D eigenvalue weighted by molar-refractivity contribution is -0.175. The average Bonchev–Trinajstić information content (AvgIpc) is 1.85. The molecular formula is C7H11F3O2. The van der Waals surface area contributed by atoms with Crippen LogP contribution in [0.3, 0.4) is 0 Å². The molecule has 1 N–H and O–H groups in total. The monoisotopic (exact) mass is 184 g/mol. The Morgan fingerprint density at radius 1 is 1.50 bits per heavy atom. The molecule has 0 aliphatic rings. The van der Waals surface area contributed by atoms with E-state index in [0.717, 1.165) is 0 Å². The Labute approximate surface area is 68.4 Å². The number of hydrogen-bond donors (Lipinski definition) is 1. The van der Waals surface area contributed by atoms with Crippen molar-refractivity contribution in [1.29, 1.82) is 0 Å². The average molecular weight is 184 g/mol. The molecule has 0 aromatic rings. The van der Waals surface area contributed by atoms with Crippen molar-refractivity contribution in [3.05, 3.63) is 0 Å². The molecule has 0 rings (SSSR count). The quantitative estimate of drug-likeness (QED) is 0.726. The number of halogens is 3. The van der Waals surface area contributed by atoms with Crippen molar-refractivity contribution in [1.82, 2.24) is 0 Å². The normalized spacial score (nSPS) is 14.8. The maximum Gasteiger partial charge on any atom is 0.377 e. The zero-order valence-corrected chi connectivity index (χ0v) is 6.85. The maximum absolute atomic E-state index is 12.6. The van der Waals surface area contributed by atoms with Crippen molar-refractivity contribution in [2.75, 3.05) is 0 Å². The van der Waals surface area contributed by atoms with Gasteiger partial charge in [-0.2, -0.15) is 8.78 Å². The van der Waals surface area contributed by atoms with Crippen molar-refractivity contribution in [3.63, 3.8) is 0 Å².